The molecule has 9 aromatic carbocycles. The smallest absolute Gasteiger partial charge is 0.164 e. The van der Waals surface area contributed by atoms with Gasteiger partial charge in [-0.05, 0) is 89.5 Å². The molecule has 0 fully saturated rings. The van der Waals surface area contributed by atoms with E-state index in [0.29, 0.717) is 17.5 Å². The van der Waals surface area contributed by atoms with E-state index in [1.54, 1.807) is 0 Å². The van der Waals surface area contributed by atoms with Crippen LogP contribution in [-0.4, -0.2) is 15.0 Å². The highest BCUT2D eigenvalue weighted by atomic mass is 16.3. The Bertz CT molecular complexity index is 3710. The minimum atomic E-state index is -0.266. The molecule has 4 heteroatoms. The molecule has 61 heavy (non-hydrogen) atoms. The van der Waals surface area contributed by atoms with E-state index in [4.69, 9.17) is 19.4 Å². The normalized spacial score (nSPS) is 14.5. The molecule has 4 nitrogen and oxygen atoms in total. The molecule has 288 valence electrons. The van der Waals surface area contributed by atoms with Gasteiger partial charge in [0.05, 0.1) is 0 Å². The van der Waals surface area contributed by atoms with Crippen LogP contribution in [0.15, 0.2) is 168 Å². The summed E-state index contributed by atoms with van der Waals surface area (Å²) in [7, 11) is 0. The number of nitrogens with zero attached hydrogens (tertiary/aromatic N) is 3. The van der Waals surface area contributed by atoms with Crippen LogP contribution in [0.25, 0.3) is 111 Å². The number of fused-ring (bicyclic) bond motifs is 15. The van der Waals surface area contributed by atoms with E-state index in [0.717, 1.165) is 55.0 Å². The molecule has 0 radical (unpaired) electrons. The van der Waals surface area contributed by atoms with E-state index in [-0.39, 0.29) is 10.8 Å². The average molecular weight is 782 g/mol. The van der Waals surface area contributed by atoms with E-state index < -0.39 is 0 Å². The van der Waals surface area contributed by atoms with Crippen molar-refractivity contribution in [2.24, 2.45) is 0 Å². The summed E-state index contributed by atoms with van der Waals surface area (Å²) in [6.45, 7) is 9.34. The van der Waals surface area contributed by atoms with Gasteiger partial charge in [-0.25, -0.2) is 15.0 Å². The Morgan fingerprint density at radius 2 is 1.02 bits per heavy atom. The number of hydrogen-bond acceptors (Lipinski definition) is 4. The van der Waals surface area contributed by atoms with Gasteiger partial charge >= 0.3 is 0 Å². The fourth-order valence-corrected chi connectivity index (χ4v) is 11.0. The molecule has 0 saturated heterocycles. The van der Waals surface area contributed by atoms with Crippen molar-refractivity contribution in [3.8, 4) is 56.4 Å². The molecule has 0 amide bonds. The first-order valence-electron chi connectivity index (χ1n) is 21.2. The molecule has 11 aromatic rings. The first-order valence-corrected chi connectivity index (χ1v) is 21.2. The molecule has 0 bridgehead atoms. The minimum absolute atomic E-state index is 0.123. The highest BCUT2D eigenvalue weighted by Crippen LogP contribution is 2.55. The van der Waals surface area contributed by atoms with Crippen molar-refractivity contribution < 1.29 is 4.42 Å². The fourth-order valence-electron chi connectivity index (χ4n) is 11.0. The Hall–Kier alpha value is -7.43. The average Bonchev–Trinajstić information content (AvgIpc) is 3.88. The van der Waals surface area contributed by atoms with Crippen molar-refractivity contribution in [2.45, 2.75) is 38.5 Å². The third kappa shape index (κ3) is 4.68. The molecule has 0 spiro atoms. The Kier molecular flexibility index (Phi) is 6.82. The second kappa shape index (κ2) is 12.1. The number of benzene rings is 9. The van der Waals surface area contributed by atoms with Crippen molar-refractivity contribution in [1.82, 2.24) is 15.0 Å². The van der Waals surface area contributed by atoms with Gasteiger partial charge in [0.15, 0.2) is 17.5 Å². The molecule has 0 N–H and O–H groups in total. The highest BCUT2D eigenvalue weighted by molar-refractivity contribution is 6.18. The summed E-state index contributed by atoms with van der Waals surface area (Å²) in [4.78, 5) is 16.3. The first-order chi connectivity index (χ1) is 29.8. The minimum Gasteiger partial charge on any atom is -0.455 e. The van der Waals surface area contributed by atoms with Gasteiger partial charge in [0.25, 0.3) is 0 Å². The zero-order valence-electron chi connectivity index (χ0n) is 34.3. The Morgan fingerprint density at radius 3 is 1.87 bits per heavy atom. The molecule has 2 heterocycles. The van der Waals surface area contributed by atoms with E-state index in [1.807, 2.05) is 6.07 Å². The maximum Gasteiger partial charge on any atom is 0.164 e. The molecular formula is C57H39N3O. The van der Waals surface area contributed by atoms with Crippen LogP contribution in [0.4, 0.5) is 0 Å². The number of para-hydroxylation sites is 1. The molecule has 0 aliphatic heterocycles. The van der Waals surface area contributed by atoms with Gasteiger partial charge in [0.2, 0.25) is 0 Å². The summed E-state index contributed by atoms with van der Waals surface area (Å²) in [6.07, 6.45) is 0. The molecule has 2 aromatic heterocycles. The van der Waals surface area contributed by atoms with Gasteiger partial charge in [0, 0.05) is 43.9 Å². The molecule has 13 rings (SSSR count). The van der Waals surface area contributed by atoms with Crippen LogP contribution in [0.3, 0.4) is 0 Å². The van der Waals surface area contributed by atoms with E-state index in [2.05, 4.69) is 185 Å². The van der Waals surface area contributed by atoms with Crippen LogP contribution in [0, 0.1) is 0 Å². The van der Waals surface area contributed by atoms with Gasteiger partial charge in [0.1, 0.15) is 11.2 Å². The fraction of sp³-hybridized carbons (Fsp3) is 0.105. The maximum absolute atomic E-state index is 6.88. The lowest BCUT2D eigenvalue weighted by molar-refractivity contribution is 0.653. The monoisotopic (exact) mass is 781 g/mol. The highest BCUT2D eigenvalue weighted by Gasteiger charge is 2.39. The maximum atomic E-state index is 6.88. The lowest BCUT2D eigenvalue weighted by Gasteiger charge is -2.23. The molecule has 2 aliphatic carbocycles. The Morgan fingerprint density at radius 1 is 0.393 bits per heavy atom. The topological polar surface area (TPSA) is 51.8 Å². The van der Waals surface area contributed by atoms with Gasteiger partial charge < -0.3 is 4.42 Å². The Balaban J connectivity index is 1.09. The van der Waals surface area contributed by atoms with E-state index in [1.165, 1.54) is 60.5 Å². The lowest BCUT2D eigenvalue weighted by atomic mass is 9.80. The van der Waals surface area contributed by atoms with Crippen LogP contribution < -0.4 is 0 Å². The van der Waals surface area contributed by atoms with Crippen molar-refractivity contribution in [3.63, 3.8) is 0 Å². The van der Waals surface area contributed by atoms with Crippen LogP contribution >= 0.6 is 0 Å². The van der Waals surface area contributed by atoms with E-state index >= 15 is 0 Å². The van der Waals surface area contributed by atoms with Crippen LogP contribution in [0.2, 0.25) is 0 Å². The summed E-state index contributed by atoms with van der Waals surface area (Å²) >= 11 is 0. The SMILES string of the molecule is CC1(C)c2ccccc2-c2c1cc(-c1nc(-c3ccc4ccc5c6c(ccc5c4c3)-c3ccccc3C6(C)C)nc(-c3cccc4ccccc34)n1)c1c2oc2ccccc21. The van der Waals surface area contributed by atoms with Crippen molar-refractivity contribution in [2.75, 3.05) is 0 Å². The largest absolute Gasteiger partial charge is 0.455 e. The summed E-state index contributed by atoms with van der Waals surface area (Å²) in [6, 6.07) is 59.0. The quantitative estimate of drug-likeness (QED) is 0.168. The van der Waals surface area contributed by atoms with Crippen molar-refractivity contribution in [1.29, 1.82) is 0 Å². The van der Waals surface area contributed by atoms with Gasteiger partial charge in [-0.3, -0.25) is 0 Å². The predicted octanol–water partition coefficient (Wildman–Crippen LogP) is 14.8. The zero-order valence-corrected chi connectivity index (χ0v) is 34.3. The van der Waals surface area contributed by atoms with Gasteiger partial charge in [-0.15, -0.1) is 0 Å². The third-order valence-electron chi connectivity index (χ3n) is 13.9. The van der Waals surface area contributed by atoms with Crippen LogP contribution in [-0.2, 0) is 10.8 Å². The van der Waals surface area contributed by atoms with Gasteiger partial charge in [-0.2, -0.15) is 0 Å². The molecule has 0 atom stereocenters. The Labute approximate surface area is 353 Å². The van der Waals surface area contributed by atoms with Gasteiger partial charge in [-0.1, -0.05) is 173 Å². The summed E-state index contributed by atoms with van der Waals surface area (Å²) in [5.41, 5.74) is 14.5. The molecule has 0 unspecified atom stereocenters. The summed E-state index contributed by atoms with van der Waals surface area (Å²) < 4.78 is 6.88. The second-order valence-electron chi connectivity index (χ2n) is 17.9. The number of hydrogen-bond donors (Lipinski definition) is 0. The van der Waals surface area contributed by atoms with Crippen LogP contribution in [0.1, 0.15) is 49.9 Å². The first kappa shape index (κ1) is 34.4. The number of aromatic nitrogens is 3. The number of furan rings is 1. The van der Waals surface area contributed by atoms with E-state index in [9.17, 15) is 0 Å². The second-order valence-corrected chi connectivity index (χ2v) is 17.9. The molecular weight excluding hydrogens is 743 g/mol. The van der Waals surface area contributed by atoms with Crippen LogP contribution in [0.5, 0.6) is 0 Å². The zero-order chi connectivity index (χ0) is 40.8. The lowest BCUT2D eigenvalue weighted by Crippen LogP contribution is -2.15. The molecule has 0 saturated carbocycles. The summed E-state index contributed by atoms with van der Waals surface area (Å²) in [5.74, 6) is 1.88. The number of rotatable bonds is 3. The standard InChI is InChI=1S/C57H39N3O/c1-56(2)46-22-11-8-18-41(46)50-47(56)31-44(49-42-19-9-12-23-48(42)61-52(49)50)55-59-53(58-54(60-55)40-20-13-15-32-14-5-6-16-35(32)40)34-25-24-33-26-27-38-36(43(33)30-34)28-29-39-37-17-7-10-21-45(37)57(3,4)51(38)39/h5-31H,1-4H3. The third-order valence-corrected chi connectivity index (χ3v) is 13.9. The van der Waals surface area contributed by atoms with Crippen molar-refractivity contribution in [3.05, 3.63) is 186 Å². The predicted molar refractivity (Wildman–Crippen MR) is 251 cm³/mol. The molecule has 2 aliphatic rings. The van der Waals surface area contributed by atoms with Crippen molar-refractivity contribution >= 4 is 54.3 Å². The summed E-state index contributed by atoms with van der Waals surface area (Å²) in [5, 5.41) is 9.17.